The predicted octanol–water partition coefficient (Wildman–Crippen LogP) is 3.88. The van der Waals surface area contributed by atoms with Gasteiger partial charge in [0.2, 0.25) is 5.91 Å². The molecule has 0 saturated heterocycles. The molecule has 0 N–H and O–H groups in total. The fourth-order valence-electron chi connectivity index (χ4n) is 4.28. The first kappa shape index (κ1) is 23.4. The third-order valence-corrected chi connectivity index (χ3v) is 6.12. The molecule has 1 aliphatic heterocycles. The largest absolute Gasteiger partial charge is 0.497 e. The molecule has 0 fully saturated rings. The molecule has 2 amide bonds. The number of fused-ring (bicyclic) bond motifs is 1. The van der Waals surface area contributed by atoms with Crippen LogP contribution in [0.2, 0.25) is 0 Å². The van der Waals surface area contributed by atoms with Crippen LogP contribution in [0, 0.1) is 0 Å². The summed E-state index contributed by atoms with van der Waals surface area (Å²) in [6, 6.07) is 10.5. The molecule has 172 valence electrons. The highest BCUT2D eigenvalue weighted by Crippen LogP contribution is 2.46. The van der Waals surface area contributed by atoms with E-state index in [0.717, 1.165) is 18.4 Å². The molecule has 7 heteroatoms. The first-order valence-electron chi connectivity index (χ1n) is 10.8. The van der Waals surface area contributed by atoms with Crippen LogP contribution >= 0.6 is 0 Å². The number of carbonyl (C=O) groups excluding carboxylic acids is 2. The van der Waals surface area contributed by atoms with E-state index in [9.17, 15) is 9.59 Å². The lowest BCUT2D eigenvalue weighted by atomic mass is 9.79. The molecule has 0 saturated carbocycles. The summed E-state index contributed by atoms with van der Waals surface area (Å²) in [4.78, 5) is 30.6. The van der Waals surface area contributed by atoms with E-state index in [1.165, 1.54) is 7.11 Å². The van der Waals surface area contributed by atoms with Crippen molar-refractivity contribution in [2.75, 3.05) is 42.0 Å². The van der Waals surface area contributed by atoms with Crippen molar-refractivity contribution in [3.8, 4) is 17.2 Å². The van der Waals surface area contributed by atoms with Crippen LogP contribution in [0.1, 0.15) is 53.2 Å². The summed E-state index contributed by atoms with van der Waals surface area (Å²) in [5.41, 5.74) is 1.97. The number of unbranched alkanes of at least 4 members (excludes halogenated alkanes) is 1. The number of amides is 2. The van der Waals surface area contributed by atoms with E-state index in [1.807, 2.05) is 31.3 Å². The van der Waals surface area contributed by atoms with Crippen LogP contribution < -0.4 is 14.2 Å². The summed E-state index contributed by atoms with van der Waals surface area (Å²) in [7, 11) is 8.24. The van der Waals surface area contributed by atoms with Crippen molar-refractivity contribution >= 4 is 11.8 Å². The summed E-state index contributed by atoms with van der Waals surface area (Å²) < 4.78 is 16.2. The Bertz CT molecular complexity index is 973. The van der Waals surface area contributed by atoms with E-state index in [-0.39, 0.29) is 11.8 Å². The standard InChI is InChI=1S/C25H32N2O5/c1-7-8-13-26(2)25(29)22-18-14-20(31-5)21(32-6)15-19(18)24(28)27(3)23(22)16-9-11-17(30-4)12-10-16/h9-12,14-15,22-23H,7-8,13H2,1-6H3. The van der Waals surface area contributed by atoms with Gasteiger partial charge < -0.3 is 24.0 Å². The molecule has 0 radical (unpaired) electrons. The Hall–Kier alpha value is -3.22. The van der Waals surface area contributed by atoms with E-state index < -0.39 is 12.0 Å². The molecular formula is C25H32N2O5. The maximum Gasteiger partial charge on any atom is 0.254 e. The summed E-state index contributed by atoms with van der Waals surface area (Å²) in [5, 5.41) is 0. The Kier molecular flexibility index (Phi) is 7.28. The Balaban J connectivity index is 2.19. The molecule has 3 rings (SSSR count). The van der Waals surface area contributed by atoms with E-state index in [4.69, 9.17) is 14.2 Å². The van der Waals surface area contributed by atoms with Gasteiger partial charge in [-0.15, -0.1) is 0 Å². The Morgan fingerprint density at radius 2 is 1.66 bits per heavy atom. The molecule has 2 aromatic carbocycles. The van der Waals surface area contributed by atoms with E-state index in [1.54, 1.807) is 43.2 Å². The van der Waals surface area contributed by atoms with Gasteiger partial charge >= 0.3 is 0 Å². The van der Waals surface area contributed by atoms with Crippen LogP contribution in [0.15, 0.2) is 36.4 Å². The first-order chi connectivity index (χ1) is 15.4. The quantitative estimate of drug-likeness (QED) is 0.623. The highest BCUT2D eigenvalue weighted by Gasteiger charge is 2.44. The monoisotopic (exact) mass is 440 g/mol. The minimum absolute atomic E-state index is 0.0351. The smallest absolute Gasteiger partial charge is 0.254 e. The summed E-state index contributed by atoms with van der Waals surface area (Å²) in [6.07, 6.45) is 1.90. The fourth-order valence-corrected chi connectivity index (χ4v) is 4.28. The number of hydrogen-bond donors (Lipinski definition) is 0. The van der Waals surface area contributed by atoms with Crippen molar-refractivity contribution in [3.63, 3.8) is 0 Å². The van der Waals surface area contributed by atoms with Gasteiger partial charge in [-0.3, -0.25) is 9.59 Å². The molecule has 0 bridgehead atoms. The minimum atomic E-state index is -0.581. The molecule has 2 unspecified atom stereocenters. The number of rotatable bonds is 8. The lowest BCUT2D eigenvalue weighted by Crippen LogP contribution is -2.46. The number of ether oxygens (including phenoxy) is 3. The van der Waals surface area contributed by atoms with Crippen LogP contribution in [-0.4, -0.2) is 63.6 Å². The van der Waals surface area contributed by atoms with Crippen LogP contribution in [0.4, 0.5) is 0 Å². The molecule has 0 aromatic heterocycles. The van der Waals surface area contributed by atoms with Gasteiger partial charge in [0.25, 0.3) is 5.91 Å². The van der Waals surface area contributed by atoms with Crippen LogP contribution in [0.25, 0.3) is 0 Å². The van der Waals surface area contributed by atoms with Gasteiger partial charge in [-0.25, -0.2) is 0 Å². The lowest BCUT2D eigenvalue weighted by Gasteiger charge is -2.41. The average molecular weight is 441 g/mol. The second-order valence-corrected chi connectivity index (χ2v) is 8.02. The van der Waals surface area contributed by atoms with E-state index in [0.29, 0.717) is 34.9 Å². The van der Waals surface area contributed by atoms with Gasteiger partial charge in [0.05, 0.1) is 33.3 Å². The Labute approximate surface area is 189 Å². The number of likely N-dealkylation sites (N-methyl/N-ethyl adjacent to an activating group) is 2. The molecule has 1 heterocycles. The summed E-state index contributed by atoms with van der Waals surface area (Å²) >= 11 is 0. The molecule has 2 atom stereocenters. The van der Waals surface area contributed by atoms with Gasteiger partial charge in [0.15, 0.2) is 11.5 Å². The predicted molar refractivity (Wildman–Crippen MR) is 123 cm³/mol. The van der Waals surface area contributed by atoms with Gasteiger partial charge in [0, 0.05) is 26.2 Å². The Morgan fingerprint density at radius 3 is 2.22 bits per heavy atom. The molecule has 32 heavy (non-hydrogen) atoms. The van der Waals surface area contributed by atoms with Gasteiger partial charge in [-0.1, -0.05) is 25.5 Å². The third kappa shape index (κ3) is 4.24. The number of benzene rings is 2. The maximum absolute atomic E-state index is 13.8. The van der Waals surface area contributed by atoms with E-state index in [2.05, 4.69) is 6.92 Å². The highest BCUT2D eigenvalue weighted by atomic mass is 16.5. The zero-order valence-corrected chi connectivity index (χ0v) is 19.7. The Morgan fingerprint density at radius 1 is 1.03 bits per heavy atom. The minimum Gasteiger partial charge on any atom is -0.497 e. The zero-order valence-electron chi connectivity index (χ0n) is 19.7. The van der Waals surface area contributed by atoms with Crippen molar-refractivity contribution in [3.05, 3.63) is 53.1 Å². The normalized spacial score (nSPS) is 17.6. The van der Waals surface area contributed by atoms with Crippen LogP contribution in [-0.2, 0) is 4.79 Å². The summed E-state index contributed by atoms with van der Waals surface area (Å²) in [5.74, 6) is 0.887. The number of hydrogen-bond acceptors (Lipinski definition) is 5. The van der Waals surface area contributed by atoms with E-state index >= 15 is 0 Å². The molecule has 0 aliphatic carbocycles. The molecular weight excluding hydrogens is 408 g/mol. The highest BCUT2D eigenvalue weighted by molar-refractivity contribution is 6.02. The average Bonchev–Trinajstić information content (AvgIpc) is 2.83. The third-order valence-electron chi connectivity index (χ3n) is 6.12. The number of carbonyl (C=O) groups is 2. The van der Waals surface area contributed by atoms with Crippen molar-refractivity contribution in [2.24, 2.45) is 0 Å². The SMILES string of the molecule is CCCCN(C)C(=O)C1c2cc(OC)c(OC)cc2C(=O)N(C)C1c1ccc(OC)cc1. The lowest BCUT2D eigenvalue weighted by molar-refractivity contribution is -0.133. The van der Waals surface area contributed by atoms with Gasteiger partial charge in [-0.2, -0.15) is 0 Å². The molecule has 7 nitrogen and oxygen atoms in total. The van der Waals surface area contributed by atoms with Crippen LogP contribution in [0.5, 0.6) is 17.2 Å². The topological polar surface area (TPSA) is 68.3 Å². The summed E-state index contributed by atoms with van der Waals surface area (Å²) in [6.45, 7) is 2.75. The zero-order chi connectivity index (χ0) is 23.4. The van der Waals surface area contributed by atoms with Crippen molar-refractivity contribution < 1.29 is 23.8 Å². The van der Waals surface area contributed by atoms with Crippen molar-refractivity contribution in [1.82, 2.24) is 9.80 Å². The maximum atomic E-state index is 13.8. The molecule has 1 aliphatic rings. The molecule has 2 aromatic rings. The van der Waals surface area contributed by atoms with Crippen LogP contribution in [0.3, 0.4) is 0 Å². The number of methoxy groups -OCH3 is 3. The number of nitrogens with zero attached hydrogens (tertiary/aromatic N) is 2. The van der Waals surface area contributed by atoms with Crippen molar-refractivity contribution in [2.45, 2.75) is 31.7 Å². The fraction of sp³-hybridized carbons (Fsp3) is 0.440. The second kappa shape index (κ2) is 9.94. The first-order valence-corrected chi connectivity index (χ1v) is 10.8. The van der Waals surface area contributed by atoms with Crippen molar-refractivity contribution in [1.29, 1.82) is 0 Å². The molecule has 0 spiro atoms. The second-order valence-electron chi connectivity index (χ2n) is 8.02. The van der Waals surface area contributed by atoms with Gasteiger partial charge in [-0.05, 0) is 41.8 Å². The van der Waals surface area contributed by atoms with Gasteiger partial charge in [0.1, 0.15) is 5.75 Å².